The van der Waals surface area contributed by atoms with Gasteiger partial charge in [0.25, 0.3) is 0 Å². The highest BCUT2D eigenvalue weighted by Crippen LogP contribution is 2.16. The summed E-state index contributed by atoms with van der Waals surface area (Å²) in [5, 5.41) is 8.89. The Labute approximate surface area is 95.4 Å². The SMILES string of the molecule is CC(C)OC(=O)CN1CCCC(C(=O)O)C1. The molecule has 92 valence electrons. The molecule has 0 bridgehead atoms. The normalized spacial score (nSPS) is 22.1. The van der Waals surface area contributed by atoms with E-state index >= 15 is 0 Å². The summed E-state index contributed by atoms with van der Waals surface area (Å²) in [6.07, 6.45) is 1.41. The molecule has 0 saturated carbocycles. The van der Waals surface area contributed by atoms with E-state index in [9.17, 15) is 9.59 Å². The average Bonchev–Trinajstić information content (AvgIpc) is 2.16. The van der Waals surface area contributed by atoms with Crippen molar-refractivity contribution in [2.45, 2.75) is 32.8 Å². The van der Waals surface area contributed by atoms with Crippen LogP contribution in [-0.2, 0) is 14.3 Å². The molecule has 1 rings (SSSR count). The molecule has 1 saturated heterocycles. The zero-order valence-corrected chi connectivity index (χ0v) is 9.81. The first kappa shape index (κ1) is 13.0. The molecule has 1 fully saturated rings. The van der Waals surface area contributed by atoms with Gasteiger partial charge in [0.05, 0.1) is 18.6 Å². The fraction of sp³-hybridized carbons (Fsp3) is 0.818. The lowest BCUT2D eigenvalue weighted by atomic mass is 9.98. The van der Waals surface area contributed by atoms with Crippen molar-refractivity contribution >= 4 is 11.9 Å². The minimum atomic E-state index is -0.776. The van der Waals surface area contributed by atoms with E-state index in [1.165, 1.54) is 0 Å². The zero-order valence-electron chi connectivity index (χ0n) is 9.81. The number of hydrogen-bond acceptors (Lipinski definition) is 4. The van der Waals surface area contributed by atoms with Crippen LogP contribution in [-0.4, -0.2) is 47.7 Å². The summed E-state index contributed by atoms with van der Waals surface area (Å²) < 4.78 is 5.02. The molecular formula is C11H19NO4. The number of carbonyl (C=O) groups excluding carboxylic acids is 1. The minimum absolute atomic E-state index is 0.118. The van der Waals surface area contributed by atoms with Crippen molar-refractivity contribution in [2.24, 2.45) is 5.92 Å². The lowest BCUT2D eigenvalue weighted by molar-refractivity contribution is -0.151. The van der Waals surface area contributed by atoms with Gasteiger partial charge in [-0.2, -0.15) is 0 Å². The van der Waals surface area contributed by atoms with Crippen LogP contribution in [0.5, 0.6) is 0 Å². The summed E-state index contributed by atoms with van der Waals surface area (Å²) in [7, 11) is 0. The highest BCUT2D eigenvalue weighted by atomic mass is 16.5. The van der Waals surface area contributed by atoms with Gasteiger partial charge in [0.1, 0.15) is 0 Å². The maximum Gasteiger partial charge on any atom is 0.320 e. The van der Waals surface area contributed by atoms with E-state index in [1.54, 1.807) is 13.8 Å². The lowest BCUT2D eigenvalue weighted by Gasteiger charge is -2.29. The van der Waals surface area contributed by atoms with Gasteiger partial charge in [-0.25, -0.2) is 0 Å². The van der Waals surface area contributed by atoms with Crippen molar-refractivity contribution < 1.29 is 19.4 Å². The predicted octanol–water partition coefficient (Wildman–Crippen LogP) is 0.735. The van der Waals surface area contributed by atoms with Crippen molar-refractivity contribution in [1.29, 1.82) is 0 Å². The van der Waals surface area contributed by atoms with E-state index in [-0.39, 0.29) is 24.5 Å². The maximum atomic E-state index is 11.4. The third kappa shape index (κ3) is 4.18. The Morgan fingerprint density at radius 2 is 2.19 bits per heavy atom. The van der Waals surface area contributed by atoms with Gasteiger partial charge in [-0.1, -0.05) is 0 Å². The summed E-state index contributed by atoms with van der Waals surface area (Å²) in [6, 6.07) is 0. The van der Waals surface area contributed by atoms with Crippen molar-refractivity contribution in [3.63, 3.8) is 0 Å². The Morgan fingerprint density at radius 3 is 2.75 bits per heavy atom. The second-order valence-corrected chi connectivity index (χ2v) is 4.45. The summed E-state index contributed by atoms with van der Waals surface area (Å²) in [5.74, 6) is -1.40. The summed E-state index contributed by atoms with van der Waals surface area (Å²) in [4.78, 5) is 24.1. The summed E-state index contributed by atoms with van der Waals surface area (Å²) in [5.41, 5.74) is 0. The molecule has 0 aromatic carbocycles. The monoisotopic (exact) mass is 229 g/mol. The number of aliphatic carboxylic acids is 1. The first-order valence-electron chi connectivity index (χ1n) is 5.63. The third-order valence-electron chi connectivity index (χ3n) is 2.57. The van der Waals surface area contributed by atoms with E-state index in [1.807, 2.05) is 4.90 Å². The second-order valence-electron chi connectivity index (χ2n) is 4.45. The number of nitrogens with zero attached hydrogens (tertiary/aromatic N) is 1. The van der Waals surface area contributed by atoms with Crippen LogP contribution in [0.4, 0.5) is 0 Å². The molecule has 0 spiro atoms. The molecular weight excluding hydrogens is 210 g/mol. The first-order chi connectivity index (χ1) is 7.49. The van der Waals surface area contributed by atoms with Gasteiger partial charge < -0.3 is 9.84 Å². The smallest absolute Gasteiger partial charge is 0.320 e. The Kier molecular flexibility index (Phi) is 4.73. The summed E-state index contributed by atoms with van der Waals surface area (Å²) in [6.45, 7) is 5.02. The molecule has 1 aliphatic rings. The maximum absolute atomic E-state index is 11.4. The van der Waals surface area contributed by atoms with Gasteiger partial charge in [0.15, 0.2) is 0 Å². The molecule has 1 aliphatic heterocycles. The topological polar surface area (TPSA) is 66.8 Å². The Bertz CT molecular complexity index is 265. The molecule has 0 amide bonds. The van der Waals surface area contributed by atoms with E-state index in [0.717, 1.165) is 13.0 Å². The minimum Gasteiger partial charge on any atom is -0.481 e. The number of likely N-dealkylation sites (tertiary alicyclic amines) is 1. The van der Waals surface area contributed by atoms with Crippen LogP contribution in [0.15, 0.2) is 0 Å². The Hall–Kier alpha value is -1.10. The highest BCUT2D eigenvalue weighted by Gasteiger charge is 2.26. The molecule has 0 aromatic rings. The van der Waals surface area contributed by atoms with Gasteiger partial charge in [-0.15, -0.1) is 0 Å². The fourth-order valence-corrected chi connectivity index (χ4v) is 1.88. The fourth-order valence-electron chi connectivity index (χ4n) is 1.88. The molecule has 1 atom stereocenters. The van der Waals surface area contributed by atoms with Crippen molar-refractivity contribution in [1.82, 2.24) is 4.90 Å². The molecule has 1 unspecified atom stereocenters. The van der Waals surface area contributed by atoms with E-state index in [4.69, 9.17) is 9.84 Å². The van der Waals surface area contributed by atoms with Crippen molar-refractivity contribution in [3.05, 3.63) is 0 Å². The third-order valence-corrected chi connectivity index (χ3v) is 2.57. The molecule has 0 aliphatic carbocycles. The molecule has 0 aromatic heterocycles. The van der Waals surface area contributed by atoms with Crippen LogP contribution in [0.2, 0.25) is 0 Å². The number of hydrogen-bond donors (Lipinski definition) is 1. The van der Waals surface area contributed by atoms with Gasteiger partial charge in [-0.05, 0) is 33.2 Å². The molecule has 5 nitrogen and oxygen atoms in total. The lowest BCUT2D eigenvalue weighted by Crippen LogP contribution is -2.42. The molecule has 5 heteroatoms. The largest absolute Gasteiger partial charge is 0.481 e. The number of piperidine rings is 1. The van der Waals surface area contributed by atoms with Gasteiger partial charge >= 0.3 is 11.9 Å². The highest BCUT2D eigenvalue weighted by molar-refractivity contribution is 5.72. The number of carboxylic acid groups (broad SMARTS) is 1. The average molecular weight is 229 g/mol. The number of carboxylic acids is 1. The van der Waals surface area contributed by atoms with Crippen LogP contribution in [0.3, 0.4) is 0 Å². The number of esters is 1. The van der Waals surface area contributed by atoms with Crippen LogP contribution in [0.25, 0.3) is 0 Å². The van der Waals surface area contributed by atoms with E-state index < -0.39 is 5.97 Å². The first-order valence-corrected chi connectivity index (χ1v) is 5.63. The van der Waals surface area contributed by atoms with Gasteiger partial charge in [-0.3, -0.25) is 14.5 Å². The molecule has 1 N–H and O–H groups in total. The second kappa shape index (κ2) is 5.84. The number of rotatable bonds is 4. The van der Waals surface area contributed by atoms with Crippen LogP contribution in [0, 0.1) is 5.92 Å². The molecule has 0 radical (unpaired) electrons. The predicted molar refractivity (Wildman–Crippen MR) is 58.0 cm³/mol. The zero-order chi connectivity index (χ0) is 12.1. The Morgan fingerprint density at radius 1 is 1.50 bits per heavy atom. The van der Waals surface area contributed by atoms with Crippen molar-refractivity contribution in [2.75, 3.05) is 19.6 Å². The van der Waals surface area contributed by atoms with Crippen LogP contribution in [0.1, 0.15) is 26.7 Å². The van der Waals surface area contributed by atoms with Crippen molar-refractivity contribution in [3.8, 4) is 0 Å². The number of ether oxygens (including phenoxy) is 1. The Balaban J connectivity index is 2.37. The summed E-state index contributed by atoms with van der Waals surface area (Å²) >= 11 is 0. The standard InChI is InChI=1S/C11H19NO4/c1-8(2)16-10(13)7-12-5-3-4-9(6-12)11(14)15/h8-9H,3-7H2,1-2H3,(H,14,15). The number of carbonyl (C=O) groups is 2. The molecule has 1 heterocycles. The van der Waals surface area contributed by atoms with Gasteiger partial charge in [0, 0.05) is 6.54 Å². The molecule has 16 heavy (non-hydrogen) atoms. The van der Waals surface area contributed by atoms with Crippen LogP contribution >= 0.6 is 0 Å². The van der Waals surface area contributed by atoms with E-state index in [0.29, 0.717) is 13.0 Å². The van der Waals surface area contributed by atoms with Gasteiger partial charge in [0.2, 0.25) is 0 Å². The quantitative estimate of drug-likeness (QED) is 0.720. The van der Waals surface area contributed by atoms with Crippen LogP contribution < -0.4 is 0 Å². The van der Waals surface area contributed by atoms with E-state index in [2.05, 4.69) is 0 Å².